The number of rotatable bonds is 21. The van der Waals surface area contributed by atoms with Crippen molar-refractivity contribution in [3.63, 3.8) is 0 Å². The predicted octanol–water partition coefficient (Wildman–Crippen LogP) is 6.20. The summed E-state index contributed by atoms with van der Waals surface area (Å²) in [5.74, 6) is -1.60. The van der Waals surface area contributed by atoms with Gasteiger partial charge >= 0.3 is 24.2 Å². The molecular formula is C30H47NO10. The van der Waals surface area contributed by atoms with Gasteiger partial charge in [0.2, 0.25) is 0 Å². The minimum Gasteiger partial charge on any atom is -0.480 e. The summed E-state index contributed by atoms with van der Waals surface area (Å²) in [6.07, 6.45) is 5.66. The molecule has 2 N–H and O–H groups in total. The highest BCUT2D eigenvalue weighted by atomic mass is 16.7. The Morgan fingerprint density at radius 1 is 0.805 bits per heavy atom. The SMILES string of the molecule is CCCCCOC(=O)Oc1ccc(C[C@H](NCC(C)OC(=O)CCCCC)C(=O)O)cc1OC(=O)OCCCCC. The van der Waals surface area contributed by atoms with Crippen molar-refractivity contribution in [2.24, 2.45) is 0 Å². The molecule has 1 rings (SSSR count). The number of nitrogens with one attached hydrogen (secondary N) is 1. The summed E-state index contributed by atoms with van der Waals surface area (Å²) in [6.45, 7) is 8.29. The van der Waals surface area contributed by atoms with Gasteiger partial charge in [-0.05, 0) is 50.3 Å². The molecule has 11 heteroatoms. The van der Waals surface area contributed by atoms with E-state index in [9.17, 15) is 24.3 Å². The zero-order valence-corrected chi connectivity index (χ0v) is 24.9. The van der Waals surface area contributed by atoms with Gasteiger partial charge in [0.25, 0.3) is 0 Å². The summed E-state index contributed by atoms with van der Waals surface area (Å²) < 4.78 is 26.1. The summed E-state index contributed by atoms with van der Waals surface area (Å²) in [7, 11) is 0. The number of unbranched alkanes of at least 4 members (excludes halogenated alkanes) is 6. The van der Waals surface area contributed by atoms with Crippen LogP contribution in [0.4, 0.5) is 9.59 Å². The van der Waals surface area contributed by atoms with E-state index in [2.05, 4.69) is 5.32 Å². The molecule has 0 saturated carbocycles. The summed E-state index contributed by atoms with van der Waals surface area (Å²) >= 11 is 0. The van der Waals surface area contributed by atoms with E-state index in [1.807, 2.05) is 20.8 Å². The molecule has 1 unspecified atom stereocenters. The Labute approximate surface area is 243 Å². The van der Waals surface area contributed by atoms with E-state index in [4.69, 9.17) is 23.7 Å². The van der Waals surface area contributed by atoms with E-state index in [0.29, 0.717) is 24.8 Å². The fourth-order valence-electron chi connectivity index (χ4n) is 3.73. The molecule has 0 fully saturated rings. The average molecular weight is 582 g/mol. The maximum absolute atomic E-state index is 12.3. The second kappa shape index (κ2) is 21.4. The number of carbonyl (C=O) groups excluding carboxylic acids is 3. The van der Waals surface area contributed by atoms with Crippen LogP contribution in [0.1, 0.15) is 97.5 Å². The number of esters is 1. The van der Waals surface area contributed by atoms with E-state index < -0.39 is 30.4 Å². The first-order chi connectivity index (χ1) is 19.7. The van der Waals surface area contributed by atoms with Gasteiger partial charge in [-0.25, -0.2) is 9.59 Å². The third-order valence-corrected chi connectivity index (χ3v) is 6.04. The van der Waals surface area contributed by atoms with Gasteiger partial charge in [-0.2, -0.15) is 0 Å². The van der Waals surface area contributed by atoms with Crippen LogP contribution in [-0.4, -0.2) is 61.3 Å². The van der Waals surface area contributed by atoms with Crippen LogP contribution in [0.3, 0.4) is 0 Å². The lowest BCUT2D eigenvalue weighted by molar-refractivity contribution is -0.148. The Kier molecular flexibility index (Phi) is 18.6. The number of hydrogen-bond acceptors (Lipinski definition) is 10. The van der Waals surface area contributed by atoms with Crippen molar-refractivity contribution in [1.82, 2.24) is 5.32 Å². The van der Waals surface area contributed by atoms with E-state index in [1.54, 1.807) is 13.0 Å². The Morgan fingerprint density at radius 2 is 1.37 bits per heavy atom. The first-order valence-electron chi connectivity index (χ1n) is 14.7. The van der Waals surface area contributed by atoms with Crippen LogP contribution in [0, 0.1) is 0 Å². The molecular weight excluding hydrogens is 534 g/mol. The van der Waals surface area contributed by atoms with E-state index in [-0.39, 0.29) is 43.6 Å². The third-order valence-electron chi connectivity index (χ3n) is 6.04. The van der Waals surface area contributed by atoms with Crippen molar-refractivity contribution in [1.29, 1.82) is 0 Å². The van der Waals surface area contributed by atoms with Gasteiger partial charge in [-0.1, -0.05) is 65.4 Å². The Morgan fingerprint density at radius 3 is 1.93 bits per heavy atom. The van der Waals surface area contributed by atoms with E-state index >= 15 is 0 Å². The number of carboxylic acids is 1. The minimum absolute atomic E-state index is 0.0101. The van der Waals surface area contributed by atoms with Gasteiger partial charge in [0.1, 0.15) is 12.1 Å². The molecule has 0 radical (unpaired) electrons. The second-order valence-corrected chi connectivity index (χ2v) is 9.86. The van der Waals surface area contributed by atoms with Gasteiger partial charge in [0.05, 0.1) is 13.2 Å². The maximum Gasteiger partial charge on any atom is 0.513 e. The molecule has 11 nitrogen and oxygen atoms in total. The van der Waals surface area contributed by atoms with Gasteiger partial charge in [-0.3, -0.25) is 9.59 Å². The fraction of sp³-hybridized carbons (Fsp3) is 0.667. The molecule has 232 valence electrons. The second-order valence-electron chi connectivity index (χ2n) is 9.86. The van der Waals surface area contributed by atoms with Crippen molar-refractivity contribution in [3.05, 3.63) is 23.8 Å². The first-order valence-corrected chi connectivity index (χ1v) is 14.7. The molecule has 0 aromatic heterocycles. The number of benzene rings is 1. The van der Waals surface area contributed by atoms with Crippen LogP contribution < -0.4 is 14.8 Å². The molecule has 0 aliphatic rings. The van der Waals surface area contributed by atoms with Crippen LogP contribution in [0.2, 0.25) is 0 Å². The zero-order valence-electron chi connectivity index (χ0n) is 24.9. The smallest absolute Gasteiger partial charge is 0.480 e. The Bertz CT molecular complexity index is 936. The molecule has 0 heterocycles. The van der Waals surface area contributed by atoms with E-state index in [1.165, 1.54) is 12.1 Å². The summed E-state index contributed by atoms with van der Waals surface area (Å²) in [6, 6.07) is 3.36. The van der Waals surface area contributed by atoms with Crippen molar-refractivity contribution in [2.75, 3.05) is 19.8 Å². The third kappa shape index (κ3) is 16.5. The van der Waals surface area contributed by atoms with Crippen LogP contribution in [0.25, 0.3) is 0 Å². The van der Waals surface area contributed by atoms with Crippen molar-refractivity contribution in [3.8, 4) is 11.5 Å². The van der Waals surface area contributed by atoms with Crippen molar-refractivity contribution >= 4 is 24.2 Å². The minimum atomic E-state index is -1.11. The normalized spacial score (nSPS) is 12.2. The Hall–Kier alpha value is -3.34. The molecule has 1 aromatic rings. The molecule has 0 aliphatic carbocycles. The Balaban J connectivity index is 2.90. The molecule has 2 atom stereocenters. The lowest BCUT2D eigenvalue weighted by Gasteiger charge is -2.19. The van der Waals surface area contributed by atoms with Gasteiger partial charge in [0.15, 0.2) is 11.5 Å². The van der Waals surface area contributed by atoms with Crippen LogP contribution >= 0.6 is 0 Å². The molecule has 0 aliphatic heterocycles. The lowest BCUT2D eigenvalue weighted by atomic mass is 10.0. The monoisotopic (exact) mass is 581 g/mol. The standard InChI is InChI=1S/C30H47NO10/c1-5-8-11-14-27(32)39-22(4)21-31-24(28(33)34)19-23-15-16-25(40-29(35)37-17-12-9-6-2)26(20-23)41-30(36)38-18-13-10-7-3/h15-16,20,22,24,31H,5-14,17-19,21H2,1-4H3,(H,33,34)/t22?,24-/m0/s1. The topological polar surface area (TPSA) is 147 Å². The molecule has 0 bridgehead atoms. The van der Waals surface area contributed by atoms with Crippen molar-refractivity contribution < 1.29 is 48.0 Å². The average Bonchev–Trinajstić information content (AvgIpc) is 2.92. The highest BCUT2D eigenvalue weighted by molar-refractivity contribution is 5.74. The predicted molar refractivity (Wildman–Crippen MR) is 152 cm³/mol. The number of hydrogen-bond donors (Lipinski definition) is 2. The number of carboxylic acid groups (broad SMARTS) is 1. The number of aliphatic carboxylic acids is 1. The van der Waals surface area contributed by atoms with Crippen molar-refractivity contribution in [2.45, 2.75) is 110 Å². The number of ether oxygens (including phenoxy) is 5. The summed E-state index contributed by atoms with van der Waals surface area (Å²) in [4.78, 5) is 48.4. The van der Waals surface area contributed by atoms with Gasteiger partial charge in [-0.15, -0.1) is 0 Å². The lowest BCUT2D eigenvalue weighted by Crippen LogP contribution is -2.42. The maximum atomic E-state index is 12.3. The van der Waals surface area contributed by atoms with Crippen LogP contribution in [0.15, 0.2) is 18.2 Å². The highest BCUT2D eigenvalue weighted by Crippen LogP contribution is 2.30. The van der Waals surface area contributed by atoms with Crippen LogP contribution in [-0.2, 0) is 30.2 Å². The van der Waals surface area contributed by atoms with Gasteiger partial charge < -0.3 is 34.1 Å². The molecule has 41 heavy (non-hydrogen) atoms. The van der Waals surface area contributed by atoms with Crippen LogP contribution in [0.5, 0.6) is 11.5 Å². The quantitative estimate of drug-likeness (QED) is 0.0740. The zero-order chi connectivity index (χ0) is 30.5. The largest absolute Gasteiger partial charge is 0.513 e. The van der Waals surface area contributed by atoms with Gasteiger partial charge in [0, 0.05) is 13.0 Å². The highest BCUT2D eigenvalue weighted by Gasteiger charge is 2.22. The molecule has 1 aromatic carbocycles. The fourth-order valence-corrected chi connectivity index (χ4v) is 3.73. The molecule has 0 amide bonds. The first kappa shape index (κ1) is 35.7. The summed E-state index contributed by atoms with van der Waals surface area (Å²) in [5.41, 5.74) is 0.492. The summed E-state index contributed by atoms with van der Waals surface area (Å²) in [5, 5.41) is 12.7. The van der Waals surface area contributed by atoms with E-state index in [0.717, 1.165) is 44.9 Å². The molecule has 0 saturated heterocycles. The number of carbonyl (C=O) groups is 4. The molecule has 0 spiro atoms.